The Morgan fingerprint density at radius 1 is 1.09 bits per heavy atom. The van der Waals surface area contributed by atoms with E-state index >= 15 is 0 Å². The number of hydrogen-bond donors (Lipinski definition) is 2. The van der Waals surface area contributed by atoms with Gasteiger partial charge < -0.3 is 19.8 Å². The summed E-state index contributed by atoms with van der Waals surface area (Å²) in [4.78, 5) is 28.8. The first kappa shape index (κ1) is 13.4. The van der Waals surface area contributed by atoms with Crippen molar-refractivity contribution < 1.29 is 14.7 Å². The maximum Gasteiger partial charge on any atom is 0.407 e. The Labute approximate surface area is 126 Å². The molecule has 4 rings (SSSR count). The molecule has 0 aliphatic carbocycles. The smallest absolute Gasteiger partial charge is 0.407 e. The largest absolute Gasteiger partial charge is 0.465 e. The predicted molar refractivity (Wildman–Crippen MR) is 74.0 cm³/mol. The average molecular weight is 306 g/mol. The van der Waals surface area contributed by atoms with E-state index in [4.69, 9.17) is 5.11 Å². The van der Waals surface area contributed by atoms with Crippen molar-refractivity contribution in [1.29, 1.82) is 0 Å². The van der Waals surface area contributed by atoms with Crippen molar-refractivity contribution in [2.45, 2.75) is 13.0 Å². The number of amides is 3. The van der Waals surface area contributed by atoms with Gasteiger partial charge in [-0.15, -0.1) is 5.10 Å². The Morgan fingerprint density at radius 3 is 2.45 bits per heavy atom. The Kier molecular flexibility index (Phi) is 2.95. The molecular weight excluding hydrogens is 288 g/mol. The molecule has 1 aromatic heterocycles. The van der Waals surface area contributed by atoms with Crippen LogP contribution in [0.1, 0.15) is 11.4 Å². The van der Waals surface area contributed by atoms with Crippen molar-refractivity contribution in [3.05, 3.63) is 11.4 Å². The monoisotopic (exact) mass is 306 g/mol. The molecule has 0 bridgehead atoms. The number of aromatic amines is 1. The maximum absolute atomic E-state index is 12.6. The molecule has 22 heavy (non-hydrogen) atoms. The van der Waals surface area contributed by atoms with Crippen LogP contribution in [0.5, 0.6) is 0 Å². The summed E-state index contributed by atoms with van der Waals surface area (Å²) in [5, 5.41) is 19.7. The van der Waals surface area contributed by atoms with Crippen LogP contribution in [0.3, 0.4) is 0 Å². The topological polar surface area (TPSA) is 106 Å². The van der Waals surface area contributed by atoms with E-state index in [1.54, 1.807) is 4.90 Å². The van der Waals surface area contributed by atoms with E-state index in [0.717, 1.165) is 17.8 Å². The van der Waals surface area contributed by atoms with Gasteiger partial charge in [0.15, 0.2) is 0 Å². The summed E-state index contributed by atoms with van der Waals surface area (Å²) in [6.45, 7) is 3.54. The number of hydrogen-bond acceptors (Lipinski definition) is 4. The normalized spacial score (nSPS) is 27.0. The molecule has 0 spiro atoms. The molecule has 0 aromatic carbocycles. The second-order valence-electron chi connectivity index (χ2n) is 6.30. The van der Waals surface area contributed by atoms with Crippen molar-refractivity contribution in [2.24, 2.45) is 11.8 Å². The van der Waals surface area contributed by atoms with Crippen LogP contribution in [0.15, 0.2) is 0 Å². The number of H-pyrrole nitrogens is 1. The molecular formula is C13H18N6O3. The third-order valence-electron chi connectivity index (χ3n) is 4.97. The minimum absolute atomic E-state index is 0.0323. The fourth-order valence-corrected chi connectivity index (χ4v) is 3.77. The predicted octanol–water partition coefficient (Wildman–Crippen LogP) is -0.176. The van der Waals surface area contributed by atoms with E-state index < -0.39 is 6.09 Å². The van der Waals surface area contributed by atoms with Crippen molar-refractivity contribution in [3.63, 3.8) is 0 Å². The first-order valence-corrected chi connectivity index (χ1v) is 7.52. The van der Waals surface area contributed by atoms with Gasteiger partial charge in [-0.3, -0.25) is 5.10 Å². The van der Waals surface area contributed by atoms with Crippen LogP contribution < -0.4 is 0 Å². The number of carbonyl (C=O) groups is 2. The maximum atomic E-state index is 12.6. The van der Waals surface area contributed by atoms with Gasteiger partial charge in [-0.05, 0) is 0 Å². The molecule has 2 N–H and O–H groups in total. The molecule has 0 saturated carbocycles. The Balaban J connectivity index is 1.39. The summed E-state index contributed by atoms with van der Waals surface area (Å²) in [5.74, 6) is 0.542. The van der Waals surface area contributed by atoms with Crippen LogP contribution in [-0.4, -0.2) is 80.1 Å². The molecule has 9 heteroatoms. The number of aromatic nitrogens is 3. The quantitative estimate of drug-likeness (QED) is 0.692. The SMILES string of the molecule is O=C(O)N1CC2CN(C(=O)N3CCc4[nH]nnc4C3)CC2C1. The fraction of sp³-hybridized carbons (Fsp3) is 0.692. The molecule has 2 saturated heterocycles. The lowest BCUT2D eigenvalue weighted by molar-refractivity contribution is 0.141. The first-order chi connectivity index (χ1) is 10.6. The van der Waals surface area contributed by atoms with E-state index in [2.05, 4.69) is 15.4 Å². The lowest BCUT2D eigenvalue weighted by Crippen LogP contribution is -2.45. The summed E-state index contributed by atoms with van der Waals surface area (Å²) < 4.78 is 0. The Bertz CT molecular complexity index is 603. The van der Waals surface area contributed by atoms with Gasteiger partial charge in [0.05, 0.1) is 12.2 Å². The zero-order valence-corrected chi connectivity index (χ0v) is 12.1. The van der Waals surface area contributed by atoms with Gasteiger partial charge in [0.25, 0.3) is 0 Å². The molecule has 4 heterocycles. The number of rotatable bonds is 0. The van der Waals surface area contributed by atoms with Gasteiger partial charge in [0.1, 0.15) is 5.69 Å². The van der Waals surface area contributed by atoms with Crippen LogP contribution in [0.2, 0.25) is 0 Å². The minimum atomic E-state index is -0.859. The van der Waals surface area contributed by atoms with E-state index in [1.165, 1.54) is 4.90 Å². The second kappa shape index (κ2) is 4.85. The number of carbonyl (C=O) groups excluding carboxylic acids is 1. The molecule has 118 valence electrons. The molecule has 9 nitrogen and oxygen atoms in total. The standard InChI is InChI=1S/C13H18N6O3/c20-12(17-2-1-10-11(7-17)15-16-14-10)18-3-8-5-19(13(21)22)6-9(8)4-18/h8-9H,1-7H2,(H,21,22)(H,14,15,16). The van der Waals surface area contributed by atoms with Gasteiger partial charge >= 0.3 is 12.1 Å². The number of carboxylic acid groups (broad SMARTS) is 1. The molecule has 3 amide bonds. The van der Waals surface area contributed by atoms with Crippen molar-refractivity contribution >= 4 is 12.1 Å². The summed E-state index contributed by atoms with van der Waals surface area (Å²) in [7, 11) is 0. The number of likely N-dealkylation sites (tertiary alicyclic amines) is 2. The highest BCUT2D eigenvalue weighted by Gasteiger charge is 2.44. The lowest BCUT2D eigenvalue weighted by atomic mass is 10.0. The summed E-state index contributed by atoms with van der Waals surface area (Å²) in [6.07, 6.45) is -0.108. The molecule has 1 aromatic rings. The zero-order chi connectivity index (χ0) is 15.3. The molecule has 2 atom stereocenters. The Morgan fingerprint density at radius 2 is 1.77 bits per heavy atom. The highest BCUT2D eigenvalue weighted by molar-refractivity contribution is 5.75. The molecule has 0 radical (unpaired) electrons. The average Bonchev–Trinajstić information content (AvgIpc) is 3.18. The number of fused-ring (bicyclic) bond motifs is 2. The van der Waals surface area contributed by atoms with Crippen LogP contribution in [-0.2, 0) is 13.0 Å². The van der Waals surface area contributed by atoms with Crippen molar-refractivity contribution in [3.8, 4) is 0 Å². The van der Waals surface area contributed by atoms with Gasteiger partial charge in [-0.1, -0.05) is 5.21 Å². The summed E-state index contributed by atoms with van der Waals surface area (Å²) in [5.41, 5.74) is 1.86. The highest BCUT2D eigenvalue weighted by atomic mass is 16.4. The van der Waals surface area contributed by atoms with Crippen LogP contribution in [0, 0.1) is 11.8 Å². The van der Waals surface area contributed by atoms with Crippen LogP contribution in [0.4, 0.5) is 9.59 Å². The highest BCUT2D eigenvalue weighted by Crippen LogP contribution is 2.32. The second-order valence-corrected chi connectivity index (χ2v) is 6.30. The summed E-state index contributed by atoms with van der Waals surface area (Å²) in [6, 6.07) is 0.0323. The van der Waals surface area contributed by atoms with Crippen LogP contribution in [0.25, 0.3) is 0 Å². The van der Waals surface area contributed by atoms with Crippen molar-refractivity contribution in [2.75, 3.05) is 32.7 Å². The van der Waals surface area contributed by atoms with E-state index in [-0.39, 0.29) is 17.9 Å². The van der Waals surface area contributed by atoms with Gasteiger partial charge in [0.2, 0.25) is 0 Å². The molecule has 3 aliphatic rings. The zero-order valence-electron chi connectivity index (χ0n) is 12.1. The number of nitrogens with zero attached hydrogens (tertiary/aromatic N) is 5. The molecule has 2 fully saturated rings. The van der Waals surface area contributed by atoms with E-state index in [0.29, 0.717) is 39.3 Å². The minimum Gasteiger partial charge on any atom is -0.465 e. The number of nitrogens with one attached hydrogen (secondary N) is 1. The third-order valence-corrected chi connectivity index (χ3v) is 4.97. The fourth-order valence-electron chi connectivity index (χ4n) is 3.77. The molecule has 2 unspecified atom stereocenters. The third kappa shape index (κ3) is 2.08. The van der Waals surface area contributed by atoms with E-state index in [9.17, 15) is 9.59 Å². The van der Waals surface area contributed by atoms with Gasteiger partial charge in [-0.2, -0.15) is 0 Å². The van der Waals surface area contributed by atoms with E-state index in [1.807, 2.05) is 4.90 Å². The van der Waals surface area contributed by atoms with Crippen molar-refractivity contribution in [1.82, 2.24) is 30.1 Å². The molecule has 3 aliphatic heterocycles. The first-order valence-electron chi connectivity index (χ1n) is 7.52. The lowest BCUT2D eigenvalue weighted by Gasteiger charge is -2.30. The van der Waals surface area contributed by atoms with Gasteiger partial charge in [-0.25, -0.2) is 9.59 Å². The van der Waals surface area contributed by atoms with Gasteiger partial charge in [0, 0.05) is 51.0 Å². The van der Waals surface area contributed by atoms with Crippen LogP contribution >= 0.6 is 0 Å². The summed E-state index contributed by atoms with van der Waals surface area (Å²) >= 11 is 0. The Hall–Kier alpha value is -2.32. The number of urea groups is 1.